The summed E-state index contributed by atoms with van der Waals surface area (Å²) in [5.74, 6) is 1.35. The van der Waals surface area contributed by atoms with Crippen LogP contribution in [0.4, 0.5) is 5.69 Å². The Hall–Kier alpha value is -3.10. The van der Waals surface area contributed by atoms with Crippen LogP contribution < -0.4 is 5.73 Å². The molecule has 2 aromatic heterocycles. The van der Waals surface area contributed by atoms with E-state index in [1.807, 2.05) is 18.3 Å². The number of piperidine rings is 1. The van der Waals surface area contributed by atoms with E-state index in [-0.39, 0.29) is 12.3 Å². The molecule has 3 heterocycles. The van der Waals surface area contributed by atoms with Gasteiger partial charge in [0.25, 0.3) is 0 Å². The normalized spacial score (nSPS) is 15.4. The molecule has 3 aromatic rings. The topological polar surface area (TPSA) is 117 Å². The number of aliphatic hydroxyl groups excluding tert-OH is 1. The maximum Gasteiger partial charge on any atom is 0.180 e. The number of anilines is 1. The molecule has 0 unspecified atom stereocenters. The van der Waals surface area contributed by atoms with E-state index in [9.17, 15) is 0 Å². The number of nitrogens with zero attached hydrogens (tertiary/aromatic N) is 5. The van der Waals surface area contributed by atoms with Crippen LogP contribution in [0.3, 0.4) is 0 Å². The second-order valence-corrected chi connectivity index (χ2v) is 8.63. The molecule has 0 radical (unpaired) electrons. The van der Waals surface area contributed by atoms with E-state index in [0.717, 1.165) is 31.5 Å². The monoisotopic (exact) mass is 433 g/mol. The Bertz CT molecular complexity index is 1080. The molecule has 32 heavy (non-hydrogen) atoms. The molecular weight excluding hydrogens is 402 g/mol. The molecule has 4 rings (SSSR count). The smallest absolute Gasteiger partial charge is 0.180 e. The van der Waals surface area contributed by atoms with Crippen molar-refractivity contribution in [1.82, 2.24) is 24.6 Å². The molecule has 8 nitrogen and oxygen atoms in total. The molecule has 1 aromatic carbocycles. The average Bonchev–Trinajstić information content (AvgIpc) is 3.28. The van der Waals surface area contributed by atoms with Gasteiger partial charge >= 0.3 is 0 Å². The Labute approximate surface area is 188 Å². The van der Waals surface area contributed by atoms with Gasteiger partial charge in [0, 0.05) is 42.4 Å². The molecular formula is C24H31N7O. The molecule has 0 bridgehead atoms. The number of likely N-dealkylation sites (tertiary alicyclic amines) is 1. The molecule has 1 aliphatic heterocycles. The van der Waals surface area contributed by atoms with Gasteiger partial charge < -0.3 is 15.7 Å². The summed E-state index contributed by atoms with van der Waals surface area (Å²) in [4.78, 5) is 11.4. The van der Waals surface area contributed by atoms with Crippen molar-refractivity contribution in [1.29, 1.82) is 5.41 Å². The van der Waals surface area contributed by atoms with Crippen LogP contribution in [-0.4, -0.2) is 61.2 Å². The summed E-state index contributed by atoms with van der Waals surface area (Å²) in [7, 11) is 0. The van der Waals surface area contributed by atoms with Crippen molar-refractivity contribution in [3.05, 3.63) is 65.4 Å². The maximum absolute atomic E-state index is 9.12. The minimum Gasteiger partial charge on any atom is -0.398 e. The fourth-order valence-electron chi connectivity index (χ4n) is 4.25. The second kappa shape index (κ2) is 9.58. The number of nitrogen functional groups attached to an aromatic ring is 1. The van der Waals surface area contributed by atoms with E-state index >= 15 is 0 Å². The Morgan fingerprint density at radius 1 is 1.25 bits per heavy atom. The van der Waals surface area contributed by atoms with Crippen molar-refractivity contribution in [2.75, 3.05) is 25.4 Å². The van der Waals surface area contributed by atoms with Crippen molar-refractivity contribution in [2.45, 2.75) is 45.1 Å². The Morgan fingerprint density at radius 2 is 2.03 bits per heavy atom. The quantitative estimate of drug-likeness (QED) is 0.390. The van der Waals surface area contributed by atoms with Crippen LogP contribution in [0.5, 0.6) is 0 Å². The molecule has 1 aliphatic rings. The Kier molecular flexibility index (Phi) is 6.62. The summed E-state index contributed by atoms with van der Waals surface area (Å²) in [5.41, 5.74) is 9.81. The van der Waals surface area contributed by atoms with Gasteiger partial charge in [0.1, 0.15) is 5.71 Å². The van der Waals surface area contributed by atoms with Gasteiger partial charge in [0.05, 0.1) is 6.20 Å². The van der Waals surface area contributed by atoms with E-state index in [2.05, 4.69) is 39.9 Å². The number of nitrogens with two attached hydrogens (primary N) is 1. The number of nitrogens with one attached hydrogen (secondary N) is 1. The van der Waals surface area contributed by atoms with Crippen molar-refractivity contribution in [3.8, 4) is 5.82 Å². The van der Waals surface area contributed by atoms with Crippen molar-refractivity contribution < 1.29 is 5.11 Å². The Morgan fingerprint density at radius 3 is 2.75 bits per heavy atom. The van der Waals surface area contributed by atoms with Crippen LogP contribution in [0.2, 0.25) is 0 Å². The summed E-state index contributed by atoms with van der Waals surface area (Å²) in [5, 5.41) is 22.2. The zero-order valence-electron chi connectivity index (χ0n) is 18.7. The fraction of sp³-hybridized carbons (Fsp3) is 0.417. The highest BCUT2D eigenvalue weighted by Crippen LogP contribution is 2.31. The van der Waals surface area contributed by atoms with Gasteiger partial charge in [-0.3, -0.25) is 5.41 Å². The van der Waals surface area contributed by atoms with Crippen LogP contribution >= 0.6 is 0 Å². The molecule has 168 valence electrons. The van der Waals surface area contributed by atoms with Crippen molar-refractivity contribution >= 4 is 11.4 Å². The molecule has 0 saturated carbocycles. The molecule has 8 heteroatoms. The first-order valence-corrected chi connectivity index (χ1v) is 11.2. The van der Waals surface area contributed by atoms with E-state index < -0.39 is 0 Å². The number of hydrogen-bond acceptors (Lipinski definition) is 7. The summed E-state index contributed by atoms with van der Waals surface area (Å²) in [6.45, 7) is 6.73. The third-order valence-electron chi connectivity index (χ3n) is 6.21. The first-order valence-electron chi connectivity index (χ1n) is 11.2. The maximum atomic E-state index is 9.12. The lowest BCUT2D eigenvalue weighted by Crippen LogP contribution is -2.37. The average molecular weight is 434 g/mol. The zero-order valence-corrected chi connectivity index (χ0v) is 18.7. The standard InChI is InChI=1S/C24H31N7O/c1-16(2)30-10-6-18(7-11-30)19-3-4-21(25)20(13-19)23(26)24-27-9-5-22(29-24)31-15-17(8-12-32)14-28-31/h3-5,9,13-16,18,26,32H,6-8,10-12,25H2,1-2H3. The third kappa shape index (κ3) is 4.71. The van der Waals surface area contributed by atoms with Gasteiger partial charge in [-0.25, -0.2) is 14.6 Å². The second-order valence-electron chi connectivity index (χ2n) is 8.63. The first kappa shape index (κ1) is 22.1. The molecule has 0 aliphatic carbocycles. The van der Waals surface area contributed by atoms with Gasteiger partial charge in [-0.15, -0.1) is 0 Å². The van der Waals surface area contributed by atoms with Crippen LogP contribution in [0.15, 0.2) is 42.9 Å². The number of rotatable bonds is 7. The lowest BCUT2D eigenvalue weighted by molar-refractivity contribution is 0.172. The van der Waals surface area contributed by atoms with Gasteiger partial charge in [0.15, 0.2) is 11.6 Å². The predicted octanol–water partition coefficient (Wildman–Crippen LogP) is 2.78. The molecule has 1 saturated heterocycles. The van der Waals surface area contributed by atoms with E-state index in [4.69, 9.17) is 16.2 Å². The minimum absolute atomic E-state index is 0.0669. The third-order valence-corrected chi connectivity index (χ3v) is 6.21. The zero-order chi connectivity index (χ0) is 22.7. The van der Waals surface area contributed by atoms with Crippen LogP contribution in [0.1, 0.15) is 55.1 Å². The lowest BCUT2D eigenvalue weighted by Gasteiger charge is -2.35. The summed E-state index contributed by atoms with van der Waals surface area (Å²) in [6, 6.07) is 8.34. The number of benzene rings is 1. The summed E-state index contributed by atoms with van der Waals surface area (Å²) >= 11 is 0. The van der Waals surface area contributed by atoms with Crippen molar-refractivity contribution in [3.63, 3.8) is 0 Å². The fourth-order valence-corrected chi connectivity index (χ4v) is 4.25. The number of aromatic nitrogens is 4. The number of hydrogen-bond donors (Lipinski definition) is 3. The molecule has 0 spiro atoms. The van der Waals surface area contributed by atoms with E-state index in [1.165, 1.54) is 5.56 Å². The highest BCUT2D eigenvalue weighted by molar-refractivity contribution is 6.11. The summed E-state index contributed by atoms with van der Waals surface area (Å²) in [6.07, 6.45) is 7.90. The number of aliphatic hydroxyl groups is 1. The molecule has 4 N–H and O–H groups in total. The SMILES string of the molecule is CC(C)N1CCC(c2ccc(N)c(C(=N)c3nccc(-n4cc(CCO)cn4)n3)c2)CC1. The van der Waals surface area contributed by atoms with Gasteiger partial charge in [-0.1, -0.05) is 6.07 Å². The minimum atomic E-state index is 0.0669. The molecule has 1 fully saturated rings. The predicted molar refractivity (Wildman–Crippen MR) is 125 cm³/mol. The lowest BCUT2D eigenvalue weighted by atomic mass is 9.87. The van der Waals surface area contributed by atoms with E-state index in [1.54, 1.807) is 23.1 Å². The summed E-state index contributed by atoms with van der Waals surface area (Å²) < 4.78 is 1.63. The first-order chi connectivity index (χ1) is 15.5. The van der Waals surface area contributed by atoms with Crippen LogP contribution in [0, 0.1) is 5.41 Å². The molecule has 0 amide bonds. The van der Waals surface area contributed by atoms with Gasteiger partial charge in [-0.2, -0.15) is 5.10 Å². The van der Waals surface area contributed by atoms with Gasteiger partial charge in [-0.05, 0) is 75.4 Å². The van der Waals surface area contributed by atoms with Crippen LogP contribution in [-0.2, 0) is 6.42 Å². The highest BCUT2D eigenvalue weighted by Gasteiger charge is 2.23. The van der Waals surface area contributed by atoms with E-state index in [0.29, 0.717) is 41.3 Å². The molecule has 0 atom stereocenters. The van der Waals surface area contributed by atoms with Gasteiger partial charge in [0.2, 0.25) is 0 Å². The van der Waals surface area contributed by atoms with Crippen molar-refractivity contribution in [2.24, 2.45) is 0 Å². The largest absolute Gasteiger partial charge is 0.398 e. The Balaban J connectivity index is 1.56. The van der Waals surface area contributed by atoms with Crippen LogP contribution in [0.25, 0.3) is 5.82 Å². The highest BCUT2D eigenvalue weighted by atomic mass is 16.3.